The molecular formula is C24H34FN5. The fourth-order valence-electron chi connectivity index (χ4n) is 5.04. The number of aromatic nitrogens is 2. The SMILES string of the molecule is Cc1nc(NCCC2c3c(C)ccc(F)c3NC2C)cc(NCC2CCCCC2)n1. The third-order valence-electron chi connectivity index (χ3n) is 6.66. The standard InChI is InChI=1S/C24H34FN5/c1-15-9-10-20(25)24-23(15)19(16(2)28-24)11-12-26-21-13-22(30-17(3)29-21)27-14-18-7-5-4-6-8-18/h9-10,13,16,18-19,28H,4-8,11-12,14H2,1-3H3,(H2,26,27,29,30). The molecule has 4 rings (SSSR count). The van der Waals surface area contributed by atoms with Crippen LogP contribution in [0.5, 0.6) is 0 Å². The zero-order valence-electron chi connectivity index (χ0n) is 18.4. The molecule has 162 valence electrons. The molecule has 0 radical (unpaired) electrons. The molecule has 0 spiro atoms. The molecule has 2 aliphatic rings. The third kappa shape index (κ3) is 4.68. The summed E-state index contributed by atoms with van der Waals surface area (Å²) in [7, 11) is 0. The number of halogens is 1. The van der Waals surface area contributed by atoms with Crippen molar-refractivity contribution in [2.75, 3.05) is 29.0 Å². The number of nitrogens with one attached hydrogen (secondary N) is 3. The Hall–Kier alpha value is -2.37. The highest BCUT2D eigenvalue weighted by Crippen LogP contribution is 2.41. The zero-order chi connectivity index (χ0) is 21.1. The quantitative estimate of drug-likeness (QED) is 0.552. The summed E-state index contributed by atoms with van der Waals surface area (Å²) in [5, 5.41) is 10.3. The third-order valence-corrected chi connectivity index (χ3v) is 6.66. The van der Waals surface area contributed by atoms with E-state index in [1.807, 2.05) is 19.1 Å². The maximum absolute atomic E-state index is 14.2. The van der Waals surface area contributed by atoms with Crippen molar-refractivity contribution >= 4 is 17.3 Å². The monoisotopic (exact) mass is 411 g/mol. The number of rotatable bonds is 7. The number of benzene rings is 1. The van der Waals surface area contributed by atoms with Crippen LogP contribution in [0, 0.1) is 25.6 Å². The van der Waals surface area contributed by atoms with Crippen molar-refractivity contribution in [1.29, 1.82) is 0 Å². The topological polar surface area (TPSA) is 61.9 Å². The molecule has 30 heavy (non-hydrogen) atoms. The lowest BCUT2D eigenvalue weighted by molar-refractivity contribution is 0.373. The molecule has 2 heterocycles. The molecule has 1 aliphatic carbocycles. The first kappa shape index (κ1) is 20.9. The van der Waals surface area contributed by atoms with Crippen LogP contribution < -0.4 is 16.0 Å². The van der Waals surface area contributed by atoms with Crippen LogP contribution in [0.4, 0.5) is 21.7 Å². The van der Waals surface area contributed by atoms with Crippen molar-refractivity contribution < 1.29 is 4.39 Å². The molecule has 6 heteroatoms. The van der Waals surface area contributed by atoms with Crippen molar-refractivity contribution in [3.63, 3.8) is 0 Å². The van der Waals surface area contributed by atoms with Gasteiger partial charge in [-0.1, -0.05) is 25.3 Å². The zero-order valence-corrected chi connectivity index (χ0v) is 18.4. The molecular weight excluding hydrogens is 377 g/mol. The van der Waals surface area contributed by atoms with Crippen LogP contribution in [0.2, 0.25) is 0 Å². The highest BCUT2D eigenvalue weighted by Gasteiger charge is 2.32. The fourth-order valence-corrected chi connectivity index (χ4v) is 5.04. The van der Waals surface area contributed by atoms with E-state index in [1.165, 1.54) is 32.1 Å². The predicted molar refractivity (Wildman–Crippen MR) is 122 cm³/mol. The Morgan fingerprint density at radius 2 is 1.80 bits per heavy atom. The van der Waals surface area contributed by atoms with Gasteiger partial charge in [0, 0.05) is 31.1 Å². The lowest BCUT2D eigenvalue weighted by Gasteiger charge is -2.22. The average Bonchev–Trinajstić information content (AvgIpc) is 3.07. The largest absolute Gasteiger partial charge is 0.379 e. The molecule has 5 nitrogen and oxygen atoms in total. The van der Waals surface area contributed by atoms with E-state index in [2.05, 4.69) is 39.8 Å². The molecule has 0 saturated heterocycles. The predicted octanol–water partition coefficient (Wildman–Crippen LogP) is 5.62. The minimum Gasteiger partial charge on any atom is -0.379 e. The van der Waals surface area contributed by atoms with Crippen molar-refractivity contribution in [3.8, 4) is 0 Å². The van der Waals surface area contributed by atoms with Gasteiger partial charge in [-0.05, 0) is 63.1 Å². The summed E-state index contributed by atoms with van der Waals surface area (Å²) in [4.78, 5) is 9.10. The van der Waals surface area contributed by atoms with E-state index < -0.39 is 0 Å². The molecule has 3 N–H and O–H groups in total. The molecule has 1 fully saturated rings. The van der Waals surface area contributed by atoms with Crippen LogP contribution in [0.25, 0.3) is 0 Å². The Morgan fingerprint density at radius 1 is 1.07 bits per heavy atom. The Bertz CT molecular complexity index is 878. The normalized spacial score (nSPS) is 21.2. The van der Waals surface area contributed by atoms with Gasteiger partial charge in [0.1, 0.15) is 23.3 Å². The number of hydrogen-bond donors (Lipinski definition) is 3. The molecule has 0 bridgehead atoms. The number of nitrogens with zero attached hydrogens (tertiary/aromatic N) is 2. The molecule has 1 aromatic carbocycles. The summed E-state index contributed by atoms with van der Waals surface area (Å²) >= 11 is 0. The maximum atomic E-state index is 14.2. The van der Waals surface area contributed by atoms with Gasteiger partial charge in [0.25, 0.3) is 0 Å². The summed E-state index contributed by atoms with van der Waals surface area (Å²) in [5.74, 6) is 3.40. The van der Waals surface area contributed by atoms with Gasteiger partial charge in [-0.2, -0.15) is 0 Å². The highest BCUT2D eigenvalue weighted by atomic mass is 19.1. The lowest BCUT2D eigenvalue weighted by atomic mass is 9.89. The van der Waals surface area contributed by atoms with E-state index in [9.17, 15) is 4.39 Å². The first-order valence-electron chi connectivity index (χ1n) is 11.4. The van der Waals surface area contributed by atoms with Gasteiger partial charge in [-0.3, -0.25) is 0 Å². The van der Waals surface area contributed by atoms with Crippen LogP contribution >= 0.6 is 0 Å². The first-order chi connectivity index (χ1) is 14.5. The van der Waals surface area contributed by atoms with E-state index in [4.69, 9.17) is 0 Å². The van der Waals surface area contributed by atoms with Crippen molar-refractivity contribution in [3.05, 3.63) is 41.0 Å². The van der Waals surface area contributed by atoms with Crippen molar-refractivity contribution in [1.82, 2.24) is 9.97 Å². The summed E-state index contributed by atoms with van der Waals surface area (Å²) in [6, 6.07) is 5.66. The van der Waals surface area contributed by atoms with Crippen molar-refractivity contribution in [2.45, 2.75) is 71.3 Å². The van der Waals surface area contributed by atoms with E-state index in [1.54, 1.807) is 6.07 Å². The second-order valence-electron chi connectivity index (χ2n) is 8.98. The molecule has 1 saturated carbocycles. The van der Waals surface area contributed by atoms with Crippen LogP contribution in [-0.4, -0.2) is 29.1 Å². The highest BCUT2D eigenvalue weighted by molar-refractivity contribution is 5.63. The van der Waals surface area contributed by atoms with Crippen LogP contribution in [0.15, 0.2) is 18.2 Å². The Kier molecular flexibility index (Phi) is 6.40. The number of aryl methyl sites for hydroxylation is 2. The number of hydrogen-bond acceptors (Lipinski definition) is 5. The first-order valence-corrected chi connectivity index (χ1v) is 11.4. The van der Waals surface area contributed by atoms with Crippen LogP contribution in [0.3, 0.4) is 0 Å². The average molecular weight is 412 g/mol. The van der Waals surface area contributed by atoms with E-state index >= 15 is 0 Å². The second kappa shape index (κ2) is 9.19. The molecule has 2 aromatic rings. The van der Waals surface area contributed by atoms with Crippen LogP contribution in [-0.2, 0) is 0 Å². The molecule has 1 aliphatic heterocycles. The smallest absolute Gasteiger partial charge is 0.146 e. The van der Waals surface area contributed by atoms with Crippen LogP contribution in [0.1, 0.15) is 68.3 Å². The molecule has 2 unspecified atom stereocenters. The van der Waals surface area contributed by atoms with Gasteiger partial charge in [0.05, 0.1) is 5.69 Å². The summed E-state index contributed by atoms with van der Waals surface area (Å²) in [6.07, 6.45) is 7.63. The van der Waals surface area contributed by atoms with Gasteiger partial charge in [0.15, 0.2) is 0 Å². The molecule has 2 atom stereocenters. The second-order valence-corrected chi connectivity index (χ2v) is 8.98. The Morgan fingerprint density at radius 3 is 2.57 bits per heavy atom. The fraction of sp³-hybridized carbons (Fsp3) is 0.583. The van der Waals surface area contributed by atoms with Gasteiger partial charge in [-0.25, -0.2) is 14.4 Å². The minimum absolute atomic E-state index is 0.155. The number of anilines is 3. The molecule has 1 aromatic heterocycles. The summed E-state index contributed by atoms with van der Waals surface area (Å²) in [5.41, 5.74) is 2.96. The van der Waals surface area contributed by atoms with Crippen molar-refractivity contribution in [2.24, 2.45) is 5.92 Å². The summed E-state index contributed by atoms with van der Waals surface area (Å²) in [6.45, 7) is 7.90. The lowest BCUT2D eigenvalue weighted by Crippen LogP contribution is -2.20. The van der Waals surface area contributed by atoms with Gasteiger partial charge in [-0.15, -0.1) is 0 Å². The van der Waals surface area contributed by atoms with Gasteiger partial charge < -0.3 is 16.0 Å². The number of fused-ring (bicyclic) bond motifs is 1. The maximum Gasteiger partial charge on any atom is 0.146 e. The Balaban J connectivity index is 1.35. The minimum atomic E-state index is -0.155. The Labute approximate surface area is 179 Å². The van der Waals surface area contributed by atoms with E-state index in [0.717, 1.165) is 54.0 Å². The van der Waals surface area contributed by atoms with E-state index in [-0.39, 0.29) is 17.8 Å². The summed E-state index contributed by atoms with van der Waals surface area (Å²) < 4.78 is 14.2. The van der Waals surface area contributed by atoms with Gasteiger partial charge >= 0.3 is 0 Å². The molecule has 0 amide bonds. The van der Waals surface area contributed by atoms with Gasteiger partial charge in [0.2, 0.25) is 0 Å². The van der Waals surface area contributed by atoms with E-state index in [0.29, 0.717) is 5.69 Å².